The fourth-order valence-electron chi connectivity index (χ4n) is 2.25. The second-order valence-corrected chi connectivity index (χ2v) is 4.29. The Bertz CT molecular complexity index is 614. The molecule has 0 N–H and O–H groups in total. The number of fused-ring (bicyclic) bond motifs is 2. The molecule has 3 rings (SSSR count). The van der Waals surface area contributed by atoms with Crippen LogP contribution in [0.25, 0.3) is 5.57 Å². The van der Waals surface area contributed by atoms with Crippen LogP contribution in [0.15, 0.2) is 49.0 Å². The molecule has 0 radical (unpaired) electrons. The summed E-state index contributed by atoms with van der Waals surface area (Å²) in [6, 6.07) is 14.0. The van der Waals surface area contributed by atoms with Crippen molar-refractivity contribution in [2.45, 2.75) is 6.61 Å². The summed E-state index contributed by atoms with van der Waals surface area (Å²) in [4.78, 5) is 0. The molecule has 0 aliphatic carbocycles. The normalized spacial score (nSPS) is 13.1. The Kier molecular flexibility index (Phi) is 2.56. The van der Waals surface area contributed by atoms with Crippen LogP contribution in [0, 0.1) is 0 Å². The van der Waals surface area contributed by atoms with E-state index in [1.165, 1.54) is 0 Å². The highest BCUT2D eigenvalue weighted by molar-refractivity contribution is 5.83. The summed E-state index contributed by atoms with van der Waals surface area (Å²) in [6.07, 6.45) is 0. The van der Waals surface area contributed by atoms with Crippen LogP contribution in [0.5, 0.6) is 11.5 Å². The standard InChI is InChI=1S/C16H14O2/c1-11-14-8-7-13(17-2)9-12(14)10-18-16-6-4-3-5-15(11)16/h3-9H,1,10H2,2H3. The number of hydrogen-bond donors (Lipinski definition) is 0. The van der Waals surface area contributed by atoms with Crippen LogP contribution in [-0.4, -0.2) is 7.11 Å². The molecule has 1 heterocycles. The van der Waals surface area contributed by atoms with Crippen molar-refractivity contribution in [1.82, 2.24) is 0 Å². The van der Waals surface area contributed by atoms with Crippen LogP contribution in [0.2, 0.25) is 0 Å². The fraction of sp³-hybridized carbons (Fsp3) is 0.125. The van der Waals surface area contributed by atoms with Crippen molar-refractivity contribution < 1.29 is 9.47 Å². The van der Waals surface area contributed by atoms with Gasteiger partial charge in [0.1, 0.15) is 18.1 Å². The number of methoxy groups -OCH3 is 1. The molecule has 1 aliphatic heterocycles. The largest absolute Gasteiger partial charge is 0.497 e. The van der Waals surface area contributed by atoms with Crippen molar-refractivity contribution >= 4 is 5.57 Å². The van der Waals surface area contributed by atoms with Crippen molar-refractivity contribution in [3.8, 4) is 11.5 Å². The van der Waals surface area contributed by atoms with E-state index in [-0.39, 0.29) is 0 Å². The molecule has 0 fully saturated rings. The molecule has 0 unspecified atom stereocenters. The Labute approximate surface area is 106 Å². The van der Waals surface area contributed by atoms with E-state index in [2.05, 4.69) is 6.58 Å². The molecule has 0 atom stereocenters. The summed E-state index contributed by atoms with van der Waals surface area (Å²) in [5, 5.41) is 0. The lowest BCUT2D eigenvalue weighted by molar-refractivity contribution is 0.306. The highest BCUT2D eigenvalue weighted by atomic mass is 16.5. The lowest BCUT2D eigenvalue weighted by Crippen LogP contribution is -1.96. The van der Waals surface area contributed by atoms with Crippen molar-refractivity contribution in [3.05, 3.63) is 65.7 Å². The minimum atomic E-state index is 0.544. The monoisotopic (exact) mass is 238 g/mol. The molecule has 90 valence electrons. The topological polar surface area (TPSA) is 18.5 Å². The van der Waals surface area contributed by atoms with Crippen molar-refractivity contribution in [2.24, 2.45) is 0 Å². The van der Waals surface area contributed by atoms with Gasteiger partial charge in [-0.2, -0.15) is 0 Å². The summed E-state index contributed by atoms with van der Waals surface area (Å²) >= 11 is 0. The van der Waals surface area contributed by atoms with Gasteiger partial charge in [0.25, 0.3) is 0 Å². The number of para-hydroxylation sites is 1. The Hall–Kier alpha value is -2.22. The first-order valence-corrected chi connectivity index (χ1v) is 5.88. The molecule has 2 aromatic carbocycles. The first-order valence-electron chi connectivity index (χ1n) is 5.88. The van der Waals surface area contributed by atoms with Gasteiger partial charge in [0.2, 0.25) is 0 Å². The van der Waals surface area contributed by atoms with Gasteiger partial charge in [-0.1, -0.05) is 30.8 Å². The van der Waals surface area contributed by atoms with E-state index in [0.717, 1.165) is 33.8 Å². The SMILES string of the molecule is C=C1c2ccc(OC)cc2COc2ccccc21. The molecule has 0 spiro atoms. The summed E-state index contributed by atoms with van der Waals surface area (Å²) < 4.78 is 11.1. The van der Waals surface area contributed by atoms with Gasteiger partial charge in [0.15, 0.2) is 0 Å². The van der Waals surface area contributed by atoms with Gasteiger partial charge in [-0.25, -0.2) is 0 Å². The molecule has 0 aromatic heterocycles. The minimum absolute atomic E-state index is 0.544. The highest BCUT2D eigenvalue weighted by Crippen LogP contribution is 2.36. The molecule has 1 aliphatic rings. The van der Waals surface area contributed by atoms with E-state index in [1.54, 1.807) is 7.11 Å². The van der Waals surface area contributed by atoms with E-state index in [9.17, 15) is 0 Å². The maximum atomic E-state index is 5.83. The van der Waals surface area contributed by atoms with E-state index in [0.29, 0.717) is 6.61 Å². The van der Waals surface area contributed by atoms with E-state index in [1.807, 2.05) is 42.5 Å². The summed E-state index contributed by atoms with van der Waals surface area (Å²) in [6.45, 7) is 4.74. The van der Waals surface area contributed by atoms with Crippen molar-refractivity contribution in [1.29, 1.82) is 0 Å². The third-order valence-corrected chi connectivity index (χ3v) is 3.23. The predicted molar refractivity (Wildman–Crippen MR) is 71.9 cm³/mol. The Morgan fingerprint density at radius 3 is 2.78 bits per heavy atom. The molecule has 2 heteroatoms. The Morgan fingerprint density at radius 2 is 1.94 bits per heavy atom. The average Bonchev–Trinajstić information content (AvgIpc) is 2.57. The maximum absolute atomic E-state index is 5.83. The van der Waals surface area contributed by atoms with Crippen LogP contribution >= 0.6 is 0 Å². The van der Waals surface area contributed by atoms with Crippen LogP contribution in [0.1, 0.15) is 16.7 Å². The third-order valence-electron chi connectivity index (χ3n) is 3.23. The van der Waals surface area contributed by atoms with Gasteiger partial charge < -0.3 is 9.47 Å². The minimum Gasteiger partial charge on any atom is -0.497 e. The molecule has 2 aromatic rings. The van der Waals surface area contributed by atoms with E-state index >= 15 is 0 Å². The van der Waals surface area contributed by atoms with Gasteiger partial charge in [0.05, 0.1) is 7.11 Å². The van der Waals surface area contributed by atoms with Crippen molar-refractivity contribution in [3.63, 3.8) is 0 Å². The first-order chi connectivity index (χ1) is 8.79. The van der Waals surface area contributed by atoms with Gasteiger partial charge in [-0.15, -0.1) is 0 Å². The molecule has 18 heavy (non-hydrogen) atoms. The molecular formula is C16H14O2. The Balaban J connectivity index is 2.15. The van der Waals surface area contributed by atoms with Crippen LogP contribution in [0.4, 0.5) is 0 Å². The zero-order valence-electron chi connectivity index (χ0n) is 10.3. The van der Waals surface area contributed by atoms with Gasteiger partial charge in [-0.3, -0.25) is 0 Å². The molecule has 0 amide bonds. The lowest BCUT2D eigenvalue weighted by Gasteiger charge is -2.09. The molecule has 0 saturated carbocycles. The highest BCUT2D eigenvalue weighted by Gasteiger charge is 2.17. The molecule has 0 bridgehead atoms. The summed E-state index contributed by atoms with van der Waals surface area (Å²) in [5.74, 6) is 1.73. The van der Waals surface area contributed by atoms with E-state index < -0.39 is 0 Å². The van der Waals surface area contributed by atoms with Crippen LogP contribution in [0.3, 0.4) is 0 Å². The van der Waals surface area contributed by atoms with Crippen LogP contribution < -0.4 is 9.47 Å². The predicted octanol–water partition coefficient (Wildman–Crippen LogP) is 3.65. The molecular weight excluding hydrogens is 224 g/mol. The second-order valence-electron chi connectivity index (χ2n) is 4.29. The molecule has 0 saturated heterocycles. The van der Waals surface area contributed by atoms with E-state index in [4.69, 9.17) is 9.47 Å². The second kappa shape index (κ2) is 4.22. The van der Waals surface area contributed by atoms with Gasteiger partial charge in [0, 0.05) is 11.1 Å². The zero-order chi connectivity index (χ0) is 12.5. The number of rotatable bonds is 1. The summed E-state index contributed by atoms with van der Waals surface area (Å²) in [5.41, 5.74) is 4.29. The third kappa shape index (κ3) is 1.66. The van der Waals surface area contributed by atoms with Gasteiger partial charge in [-0.05, 0) is 29.3 Å². The number of benzene rings is 2. The first kappa shape index (κ1) is 10.9. The lowest BCUT2D eigenvalue weighted by atomic mass is 9.96. The van der Waals surface area contributed by atoms with Crippen molar-refractivity contribution in [2.75, 3.05) is 7.11 Å². The average molecular weight is 238 g/mol. The Morgan fingerprint density at radius 1 is 1.11 bits per heavy atom. The maximum Gasteiger partial charge on any atom is 0.127 e. The quantitative estimate of drug-likeness (QED) is 0.755. The fourth-order valence-corrected chi connectivity index (χ4v) is 2.25. The van der Waals surface area contributed by atoms with Gasteiger partial charge >= 0.3 is 0 Å². The van der Waals surface area contributed by atoms with Crippen LogP contribution in [-0.2, 0) is 6.61 Å². The zero-order valence-corrected chi connectivity index (χ0v) is 10.3. The molecule has 2 nitrogen and oxygen atoms in total. The smallest absolute Gasteiger partial charge is 0.127 e. The number of ether oxygens (including phenoxy) is 2. The summed E-state index contributed by atoms with van der Waals surface area (Å²) in [7, 11) is 1.67. The number of hydrogen-bond acceptors (Lipinski definition) is 2.